The quantitative estimate of drug-likeness (QED) is 0.0722. The Hall–Kier alpha value is -6.27. The number of hydrogen-bond donors (Lipinski definition) is 6. The Morgan fingerprint density at radius 3 is 2.39 bits per heavy atom. The third kappa shape index (κ3) is 9.69. The topological polar surface area (TPSA) is 156 Å². The van der Waals surface area contributed by atoms with Crippen LogP contribution in [0.3, 0.4) is 0 Å². The zero-order valence-electron chi connectivity index (χ0n) is 30.9. The van der Waals surface area contributed by atoms with Crippen molar-refractivity contribution in [2.45, 2.75) is 38.0 Å². The SMILES string of the molecule is O=C(Nc1ccccc1-c1ccccc1)OC1CCN(CCc2ccc(NC(=O)c3cccc(CNCC(O)c4ccc(O)c5[nH]c(=O)ccc45)c3)cc2)CC1. The minimum Gasteiger partial charge on any atom is -0.506 e. The second-order valence-electron chi connectivity index (χ2n) is 14.0. The highest BCUT2D eigenvalue weighted by Crippen LogP contribution is 2.30. The van der Waals surface area contributed by atoms with Crippen molar-refractivity contribution >= 4 is 34.3 Å². The van der Waals surface area contributed by atoms with Gasteiger partial charge in [-0.2, -0.15) is 0 Å². The number of carbonyl (C=O) groups excluding carboxylic acids is 2. The lowest BCUT2D eigenvalue weighted by Crippen LogP contribution is -2.39. The Balaban J connectivity index is 0.827. The fourth-order valence-corrected chi connectivity index (χ4v) is 7.08. The normalized spacial score (nSPS) is 13.9. The van der Waals surface area contributed by atoms with E-state index in [4.69, 9.17) is 4.74 Å². The van der Waals surface area contributed by atoms with Gasteiger partial charge in [-0.1, -0.05) is 78.9 Å². The number of fused-ring (bicyclic) bond motifs is 1. The first kappa shape index (κ1) is 38.0. The van der Waals surface area contributed by atoms with Gasteiger partial charge >= 0.3 is 6.09 Å². The molecule has 1 aromatic heterocycles. The molecule has 56 heavy (non-hydrogen) atoms. The maximum Gasteiger partial charge on any atom is 0.411 e. The van der Waals surface area contributed by atoms with Crippen LogP contribution in [0.15, 0.2) is 132 Å². The molecule has 11 heteroatoms. The molecule has 6 aromatic rings. The number of rotatable bonds is 13. The number of aliphatic hydroxyl groups excluding tert-OH is 1. The summed E-state index contributed by atoms with van der Waals surface area (Å²) in [5, 5.41) is 30.7. The number of likely N-dealkylation sites (tertiary alicyclic amines) is 1. The van der Waals surface area contributed by atoms with E-state index in [2.05, 4.69) is 25.8 Å². The number of phenolic OH excluding ortho intramolecular Hbond substituents is 1. The van der Waals surface area contributed by atoms with Gasteiger partial charge in [-0.3, -0.25) is 14.9 Å². The molecule has 0 radical (unpaired) electrons. The molecule has 0 spiro atoms. The van der Waals surface area contributed by atoms with E-state index in [9.17, 15) is 24.6 Å². The zero-order chi connectivity index (χ0) is 38.9. The molecule has 0 aliphatic carbocycles. The Labute approximate surface area is 325 Å². The Morgan fingerprint density at radius 2 is 1.59 bits per heavy atom. The fourth-order valence-electron chi connectivity index (χ4n) is 7.08. The number of aromatic amines is 1. The van der Waals surface area contributed by atoms with Gasteiger partial charge in [0.25, 0.3) is 5.91 Å². The number of para-hydroxylation sites is 1. The van der Waals surface area contributed by atoms with Crippen molar-refractivity contribution in [3.8, 4) is 16.9 Å². The van der Waals surface area contributed by atoms with Gasteiger partial charge in [-0.05, 0) is 84.0 Å². The average molecular weight is 752 g/mol. The van der Waals surface area contributed by atoms with Crippen LogP contribution in [0.4, 0.5) is 16.2 Å². The summed E-state index contributed by atoms with van der Waals surface area (Å²) in [5.74, 6) is -0.280. The maximum atomic E-state index is 13.1. The van der Waals surface area contributed by atoms with Crippen molar-refractivity contribution in [2.75, 3.05) is 36.8 Å². The summed E-state index contributed by atoms with van der Waals surface area (Å²) in [6.45, 7) is 3.23. The van der Waals surface area contributed by atoms with Crippen LogP contribution in [0.2, 0.25) is 0 Å². The molecular weight excluding hydrogens is 707 g/mol. The van der Waals surface area contributed by atoms with Crippen LogP contribution in [0.25, 0.3) is 22.0 Å². The van der Waals surface area contributed by atoms with Gasteiger partial charge in [0.2, 0.25) is 5.56 Å². The highest BCUT2D eigenvalue weighted by atomic mass is 16.6. The molecule has 1 unspecified atom stereocenters. The smallest absolute Gasteiger partial charge is 0.411 e. The van der Waals surface area contributed by atoms with E-state index in [-0.39, 0.29) is 35.4 Å². The van der Waals surface area contributed by atoms with Crippen molar-refractivity contribution in [3.63, 3.8) is 0 Å². The van der Waals surface area contributed by atoms with Crippen LogP contribution in [0, 0.1) is 0 Å². The van der Waals surface area contributed by atoms with E-state index in [0.717, 1.165) is 61.3 Å². The van der Waals surface area contributed by atoms with E-state index in [1.807, 2.05) is 97.1 Å². The first-order chi connectivity index (χ1) is 27.3. The van der Waals surface area contributed by atoms with E-state index in [1.54, 1.807) is 18.2 Å². The van der Waals surface area contributed by atoms with Gasteiger partial charge in [0.15, 0.2) is 0 Å². The zero-order valence-corrected chi connectivity index (χ0v) is 30.9. The number of aliphatic hydroxyl groups is 1. The summed E-state index contributed by atoms with van der Waals surface area (Å²) in [5.41, 5.74) is 6.50. The monoisotopic (exact) mass is 751 g/mol. The second-order valence-corrected chi connectivity index (χ2v) is 14.0. The molecule has 1 fully saturated rings. The summed E-state index contributed by atoms with van der Waals surface area (Å²) in [7, 11) is 0. The number of phenols is 1. The number of carbonyl (C=O) groups is 2. The number of aromatic hydroxyl groups is 1. The van der Waals surface area contributed by atoms with Gasteiger partial charge < -0.3 is 35.5 Å². The Morgan fingerprint density at radius 1 is 0.821 bits per heavy atom. The minimum absolute atomic E-state index is 0.0612. The summed E-state index contributed by atoms with van der Waals surface area (Å²) in [6.07, 6.45) is 0.968. The summed E-state index contributed by atoms with van der Waals surface area (Å²) < 4.78 is 5.80. The Bertz CT molecular complexity index is 2340. The number of H-pyrrole nitrogens is 1. The summed E-state index contributed by atoms with van der Waals surface area (Å²) in [4.78, 5) is 42.6. The molecule has 2 amide bonds. The predicted molar refractivity (Wildman–Crippen MR) is 219 cm³/mol. The molecule has 2 heterocycles. The maximum absolute atomic E-state index is 13.1. The van der Waals surface area contributed by atoms with Crippen molar-refractivity contribution in [2.24, 2.45) is 0 Å². The first-order valence-electron chi connectivity index (χ1n) is 18.9. The molecule has 0 saturated carbocycles. The number of nitrogens with zero attached hydrogens (tertiary/aromatic N) is 1. The van der Waals surface area contributed by atoms with Crippen molar-refractivity contribution in [1.29, 1.82) is 0 Å². The van der Waals surface area contributed by atoms with Crippen LogP contribution in [0.5, 0.6) is 5.75 Å². The second kappa shape index (κ2) is 17.9. The third-order valence-electron chi connectivity index (χ3n) is 10.1. The van der Waals surface area contributed by atoms with Gasteiger partial charge in [0.1, 0.15) is 11.9 Å². The van der Waals surface area contributed by atoms with Gasteiger partial charge in [0, 0.05) is 61.0 Å². The lowest BCUT2D eigenvalue weighted by atomic mass is 10.0. The van der Waals surface area contributed by atoms with Crippen LogP contribution in [-0.2, 0) is 17.7 Å². The number of nitrogens with one attached hydrogen (secondary N) is 4. The van der Waals surface area contributed by atoms with E-state index < -0.39 is 12.2 Å². The van der Waals surface area contributed by atoms with E-state index in [0.29, 0.717) is 28.7 Å². The average Bonchev–Trinajstić information content (AvgIpc) is 3.22. The van der Waals surface area contributed by atoms with Crippen LogP contribution < -0.4 is 21.5 Å². The van der Waals surface area contributed by atoms with Gasteiger partial charge in [-0.25, -0.2) is 4.79 Å². The molecule has 7 rings (SSSR count). The standard InChI is InChI=1S/C45H45N5O6/c51-40-19-17-37(38-18-20-42(53)49-43(38)40)41(52)29-46-28-31-7-6-10-33(27-31)44(54)47-34-15-13-30(14-16-34)21-24-50-25-22-35(23-26-50)56-45(55)48-39-12-5-4-11-36(39)32-8-2-1-3-9-32/h1-20,27,35,41,46,51-52H,21-26,28-29H2,(H,47,54)(H,48,55)(H,49,53). The van der Waals surface area contributed by atoms with E-state index >= 15 is 0 Å². The molecule has 0 bridgehead atoms. The van der Waals surface area contributed by atoms with Crippen molar-refractivity contribution in [3.05, 3.63) is 160 Å². The molecule has 5 aromatic carbocycles. The molecular formula is C45H45N5O6. The number of aromatic nitrogens is 1. The number of benzene rings is 5. The van der Waals surface area contributed by atoms with Gasteiger partial charge in [-0.15, -0.1) is 0 Å². The van der Waals surface area contributed by atoms with Crippen molar-refractivity contribution in [1.82, 2.24) is 15.2 Å². The lowest BCUT2D eigenvalue weighted by Gasteiger charge is -2.31. The Kier molecular flexibility index (Phi) is 12.2. The number of ether oxygens (including phenoxy) is 1. The third-order valence-corrected chi connectivity index (χ3v) is 10.1. The largest absolute Gasteiger partial charge is 0.506 e. The number of amides is 2. The number of hydrogen-bond acceptors (Lipinski definition) is 8. The molecule has 1 saturated heterocycles. The number of anilines is 2. The van der Waals surface area contributed by atoms with Crippen molar-refractivity contribution < 1.29 is 24.5 Å². The first-order valence-corrected chi connectivity index (χ1v) is 18.9. The highest BCUT2D eigenvalue weighted by Gasteiger charge is 2.23. The highest BCUT2D eigenvalue weighted by molar-refractivity contribution is 6.04. The summed E-state index contributed by atoms with van der Waals surface area (Å²) in [6, 6.07) is 38.9. The van der Waals surface area contributed by atoms with E-state index in [1.165, 1.54) is 17.7 Å². The van der Waals surface area contributed by atoms with Gasteiger partial charge in [0.05, 0.1) is 17.3 Å². The number of piperidine rings is 1. The number of pyridine rings is 1. The summed E-state index contributed by atoms with van der Waals surface area (Å²) >= 11 is 0. The molecule has 1 aliphatic heterocycles. The fraction of sp³-hybridized carbons (Fsp3) is 0.222. The van der Waals surface area contributed by atoms with Crippen LogP contribution >= 0.6 is 0 Å². The predicted octanol–water partition coefficient (Wildman–Crippen LogP) is 7.23. The molecule has 286 valence electrons. The lowest BCUT2D eigenvalue weighted by molar-refractivity contribution is 0.0593. The van der Waals surface area contributed by atoms with Crippen LogP contribution in [-0.4, -0.2) is 64.4 Å². The molecule has 11 nitrogen and oxygen atoms in total. The minimum atomic E-state index is -0.889. The molecule has 1 atom stereocenters. The molecule has 1 aliphatic rings. The molecule has 6 N–H and O–H groups in total. The van der Waals surface area contributed by atoms with Crippen LogP contribution in [0.1, 0.15) is 46.0 Å².